The molecule has 1 aromatic rings. The summed E-state index contributed by atoms with van der Waals surface area (Å²) < 4.78 is 5.67. The van der Waals surface area contributed by atoms with E-state index in [1.165, 1.54) is 0 Å². The van der Waals surface area contributed by atoms with Crippen LogP contribution < -0.4 is 5.73 Å². The van der Waals surface area contributed by atoms with Crippen molar-refractivity contribution in [2.45, 2.75) is 32.5 Å². The molecule has 1 aromatic heterocycles. The van der Waals surface area contributed by atoms with E-state index in [0.717, 1.165) is 0 Å². The van der Waals surface area contributed by atoms with Crippen LogP contribution in [0, 0.1) is 6.92 Å². The largest absolute Gasteiger partial charge is 0.395 e. The lowest BCUT2D eigenvalue weighted by Gasteiger charge is -2.42. The van der Waals surface area contributed by atoms with Gasteiger partial charge < -0.3 is 20.5 Å². The lowest BCUT2D eigenvalue weighted by Crippen LogP contribution is -2.55. The van der Waals surface area contributed by atoms with Crippen molar-refractivity contribution in [3.05, 3.63) is 11.4 Å². The van der Waals surface area contributed by atoms with Crippen molar-refractivity contribution in [1.82, 2.24) is 15.1 Å². The normalized spacial score (nSPS) is 22.5. The van der Waals surface area contributed by atoms with Crippen LogP contribution in [0.4, 0.5) is 5.69 Å². The van der Waals surface area contributed by atoms with Crippen molar-refractivity contribution in [3.63, 3.8) is 0 Å². The summed E-state index contributed by atoms with van der Waals surface area (Å²) in [5.41, 5.74) is 6.60. The number of hydrogen-bond acceptors (Lipinski definition) is 5. The van der Waals surface area contributed by atoms with Gasteiger partial charge in [-0.1, -0.05) is 0 Å². The first-order chi connectivity index (χ1) is 8.84. The standard InChI is InChI=1S/C12H20N4O3/c1-7-9(13)10(15-14-7)11(18)16-4-8(5-17)19-12(2,3)6-16/h8,17H,4-6,13H2,1-3H3,(H,14,15). The first-order valence-electron chi connectivity index (χ1n) is 6.22. The molecule has 1 aliphatic heterocycles. The number of nitrogen functional groups attached to an aromatic ring is 1. The molecule has 19 heavy (non-hydrogen) atoms. The molecule has 7 heteroatoms. The van der Waals surface area contributed by atoms with Gasteiger partial charge in [0.05, 0.1) is 29.7 Å². The predicted octanol–water partition coefficient (Wildman–Crippen LogP) is -0.0878. The predicted molar refractivity (Wildman–Crippen MR) is 69.7 cm³/mol. The number of nitrogens with zero attached hydrogens (tertiary/aromatic N) is 2. The summed E-state index contributed by atoms with van der Waals surface area (Å²) in [6.45, 7) is 6.18. The van der Waals surface area contributed by atoms with Gasteiger partial charge in [0.25, 0.3) is 5.91 Å². The zero-order valence-electron chi connectivity index (χ0n) is 11.4. The summed E-state index contributed by atoms with van der Waals surface area (Å²) in [6, 6.07) is 0. The second kappa shape index (κ2) is 4.82. The second-order valence-electron chi connectivity index (χ2n) is 5.48. The molecule has 0 radical (unpaired) electrons. The molecule has 0 spiro atoms. The van der Waals surface area contributed by atoms with Crippen LogP contribution in [0.3, 0.4) is 0 Å². The van der Waals surface area contributed by atoms with Crippen LogP contribution in [0.2, 0.25) is 0 Å². The lowest BCUT2D eigenvalue weighted by molar-refractivity contribution is -0.139. The van der Waals surface area contributed by atoms with E-state index in [4.69, 9.17) is 10.5 Å². The van der Waals surface area contributed by atoms with E-state index in [1.54, 1.807) is 11.8 Å². The van der Waals surface area contributed by atoms with Gasteiger partial charge in [-0.25, -0.2) is 0 Å². The summed E-state index contributed by atoms with van der Waals surface area (Å²) in [7, 11) is 0. The van der Waals surface area contributed by atoms with E-state index in [1.807, 2.05) is 13.8 Å². The van der Waals surface area contributed by atoms with Gasteiger partial charge in [0.15, 0.2) is 5.69 Å². The van der Waals surface area contributed by atoms with Crippen molar-refractivity contribution < 1.29 is 14.6 Å². The van der Waals surface area contributed by atoms with Gasteiger partial charge in [0.1, 0.15) is 0 Å². The Hall–Kier alpha value is -1.60. The number of amides is 1. The van der Waals surface area contributed by atoms with Crippen molar-refractivity contribution in [2.75, 3.05) is 25.4 Å². The number of aliphatic hydroxyl groups excluding tert-OH is 1. The Morgan fingerprint density at radius 3 is 2.89 bits per heavy atom. The number of carbonyl (C=O) groups is 1. The Balaban J connectivity index is 2.21. The average Bonchev–Trinajstić information content (AvgIpc) is 2.67. The Bertz CT molecular complexity index is 483. The van der Waals surface area contributed by atoms with E-state index < -0.39 is 5.60 Å². The summed E-state index contributed by atoms with van der Waals surface area (Å²) in [4.78, 5) is 14.0. The Labute approximate surface area is 111 Å². The molecule has 1 atom stereocenters. The van der Waals surface area contributed by atoms with Crippen LogP contribution in [-0.2, 0) is 4.74 Å². The molecule has 0 aliphatic carbocycles. The van der Waals surface area contributed by atoms with Crippen molar-refractivity contribution >= 4 is 11.6 Å². The van der Waals surface area contributed by atoms with Gasteiger partial charge in [-0.15, -0.1) is 0 Å². The molecule has 1 aliphatic rings. The number of carbonyl (C=O) groups excluding carboxylic acids is 1. The van der Waals surface area contributed by atoms with E-state index in [9.17, 15) is 9.90 Å². The molecule has 1 saturated heterocycles. The quantitative estimate of drug-likeness (QED) is 0.695. The Morgan fingerprint density at radius 2 is 2.37 bits per heavy atom. The number of nitrogens with two attached hydrogens (primary N) is 1. The minimum absolute atomic E-state index is 0.123. The number of aliphatic hydroxyl groups is 1. The van der Waals surface area contributed by atoms with Crippen LogP contribution in [0.1, 0.15) is 30.0 Å². The smallest absolute Gasteiger partial charge is 0.276 e. The number of morpholine rings is 1. The summed E-state index contributed by atoms with van der Waals surface area (Å²) >= 11 is 0. The molecule has 0 aromatic carbocycles. The van der Waals surface area contributed by atoms with Gasteiger partial charge in [-0.2, -0.15) is 5.10 Å². The first-order valence-corrected chi connectivity index (χ1v) is 6.22. The van der Waals surface area contributed by atoms with Crippen LogP contribution in [0.5, 0.6) is 0 Å². The van der Waals surface area contributed by atoms with Gasteiger partial charge in [0.2, 0.25) is 0 Å². The van der Waals surface area contributed by atoms with Crippen molar-refractivity contribution in [3.8, 4) is 0 Å². The lowest BCUT2D eigenvalue weighted by atomic mass is 10.0. The van der Waals surface area contributed by atoms with Gasteiger partial charge in [-0.05, 0) is 20.8 Å². The zero-order valence-corrected chi connectivity index (χ0v) is 11.4. The maximum atomic E-state index is 12.4. The molecular weight excluding hydrogens is 248 g/mol. The monoisotopic (exact) mass is 268 g/mol. The third-order valence-electron chi connectivity index (χ3n) is 3.17. The highest BCUT2D eigenvalue weighted by atomic mass is 16.5. The van der Waals surface area contributed by atoms with E-state index in [2.05, 4.69) is 10.2 Å². The van der Waals surface area contributed by atoms with E-state index in [0.29, 0.717) is 24.5 Å². The zero-order chi connectivity index (χ0) is 14.2. The fraction of sp³-hybridized carbons (Fsp3) is 0.667. The number of nitrogens with one attached hydrogen (secondary N) is 1. The SMILES string of the molecule is Cc1[nH]nc(C(=O)N2CC(CO)OC(C)(C)C2)c1N. The molecule has 2 rings (SSSR count). The fourth-order valence-corrected chi connectivity index (χ4v) is 2.30. The van der Waals surface area contributed by atoms with Gasteiger partial charge >= 0.3 is 0 Å². The van der Waals surface area contributed by atoms with Gasteiger partial charge in [0, 0.05) is 13.1 Å². The number of hydrogen-bond donors (Lipinski definition) is 3. The molecule has 0 bridgehead atoms. The van der Waals surface area contributed by atoms with E-state index >= 15 is 0 Å². The van der Waals surface area contributed by atoms with Crippen LogP contribution in [0.15, 0.2) is 0 Å². The van der Waals surface area contributed by atoms with Crippen LogP contribution >= 0.6 is 0 Å². The highest BCUT2D eigenvalue weighted by Gasteiger charge is 2.36. The number of ether oxygens (including phenoxy) is 1. The molecule has 2 heterocycles. The average molecular weight is 268 g/mol. The van der Waals surface area contributed by atoms with Crippen LogP contribution in [-0.4, -0.2) is 57.5 Å². The maximum absolute atomic E-state index is 12.4. The van der Waals surface area contributed by atoms with Crippen molar-refractivity contribution in [1.29, 1.82) is 0 Å². The van der Waals surface area contributed by atoms with E-state index in [-0.39, 0.29) is 24.3 Å². The summed E-state index contributed by atoms with van der Waals surface area (Å²) in [5.74, 6) is -0.239. The Morgan fingerprint density at radius 1 is 1.68 bits per heavy atom. The molecule has 7 nitrogen and oxygen atoms in total. The third kappa shape index (κ3) is 2.71. The third-order valence-corrected chi connectivity index (χ3v) is 3.17. The van der Waals surface area contributed by atoms with Crippen molar-refractivity contribution in [2.24, 2.45) is 0 Å². The molecule has 4 N–H and O–H groups in total. The second-order valence-corrected chi connectivity index (χ2v) is 5.48. The molecule has 1 amide bonds. The summed E-state index contributed by atoms with van der Waals surface area (Å²) in [5, 5.41) is 15.9. The number of rotatable bonds is 2. The number of H-pyrrole nitrogens is 1. The minimum Gasteiger partial charge on any atom is -0.395 e. The Kier molecular flexibility index (Phi) is 3.51. The topological polar surface area (TPSA) is 104 Å². The molecule has 0 saturated carbocycles. The molecular formula is C12H20N4O3. The molecule has 106 valence electrons. The molecule has 1 fully saturated rings. The maximum Gasteiger partial charge on any atom is 0.276 e. The minimum atomic E-state index is -0.499. The highest BCUT2D eigenvalue weighted by Crippen LogP contribution is 2.23. The number of aromatic amines is 1. The number of anilines is 1. The summed E-state index contributed by atoms with van der Waals surface area (Å²) in [6.07, 6.45) is -0.381. The molecule has 1 unspecified atom stereocenters. The van der Waals surface area contributed by atoms with Gasteiger partial charge in [-0.3, -0.25) is 9.89 Å². The van der Waals surface area contributed by atoms with Crippen LogP contribution in [0.25, 0.3) is 0 Å². The first kappa shape index (κ1) is 13.8. The highest BCUT2D eigenvalue weighted by molar-refractivity contribution is 5.97. The number of aryl methyl sites for hydroxylation is 1. The number of aromatic nitrogens is 2. The fourth-order valence-electron chi connectivity index (χ4n) is 2.30.